The molecule has 384 valence electrons. The molecule has 0 atom stereocenters. The molecule has 0 fully saturated rings. The molecule has 0 aliphatic carbocycles. The average Bonchev–Trinajstić information content (AvgIpc) is 4.31. The van der Waals surface area contributed by atoms with Crippen LogP contribution >= 0.6 is 0 Å². The van der Waals surface area contributed by atoms with Crippen molar-refractivity contribution < 1.29 is 0 Å². The van der Waals surface area contributed by atoms with Crippen LogP contribution in [0.3, 0.4) is 0 Å². The van der Waals surface area contributed by atoms with Crippen LogP contribution in [0.25, 0.3) is 76.2 Å². The van der Waals surface area contributed by atoms with E-state index in [2.05, 4.69) is 262 Å². The highest BCUT2D eigenvalue weighted by Gasteiger charge is 2.29. The molecule has 4 aromatic heterocycles. The first-order valence-corrected chi connectivity index (χ1v) is 28.3. The smallest absolute Gasteiger partial charge is 0.0641 e. The first kappa shape index (κ1) is 48.8. The Balaban J connectivity index is 1.10. The maximum absolute atomic E-state index is 2.59. The normalized spacial score (nSPS) is 12.6. The summed E-state index contributed by atoms with van der Waals surface area (Å²) in [5.74, 6) is 1.76. The van der Waals surface area contributed by atoms with Crippen molar-refractivity contribution in [1.82, 2.24) is 8.80 Å². The van der Waals surface area contributed by atoms with Gasteiger partial charge in [0.25, 0.3) is 0 Å². The summed E-state index contributed by atoms with van der Waals surface area (Å²) in [7, 11) is 0. The van der Waals surface area contributed by atoms with Crippen molar-refractivity contribution in [2.24, 2.45) is 0 Å². The summed E-state index contributed by atoms with van der Waals surface area (Å²) in [5, 5.41) is 10.2. The molecule has 4 heteroatoms. The topological polar surface area (TPSA) is 15.3 Å². The fourth-order valence-electron chi connectivity index (χ4n) is 15.1. The molecule has 4 heterocycles. The van der Waals surface area contributed by atoms with Gasteiger partial charge in [-0.2, -0.15) is 0 Å². The van der Waals surface area contributed by atoms with E-state index >= 15 is 0 Å². The summed E-state index contributed by atoms with van der Waals surface area (Å²) >= 11 is 0. The lowest BCUT2D eigenvalue weighted by molar-refractivity contribution is 0.845. The number of rotatable bonds is 10. The number of nitrogens with zero attached hydrogens (tertiary/aromatic N) is 4. The van der Waals surface area contributed by atoms with Crippen LogP contribution in [0, 0.1) is 48.5 Å². The Kier molecular flexibility index (Phi) is 11.2. The fourth-order valence-corrected chi connectivity index (χ4v) is 15.1. The summed E-state index contributed by atoms with van der Waals surface area (Å²) in [5.41, 5.74) is 29.6. The molecular weight excluding hydrogens is 933 g/mol. The van der Waals surface area contributed by atoms with Crippen LogP contribution in [0.5, 0.6) is 0 Å². The number of hydrogen-bond acceptors (Lipinski definition) is 2. The molecule has 0 amide bonds. The van der Waals surface area contributed by atoms with Crippen molar-refractivity contribution in [1.29, 1.82) is 0 Å². The van der Waals surface area contributed by atoms with Crippen molar-refractivity contribution in [2.45, 2.75) is 128 Å². The van der Waals surface area contributed by atoms with Gasteiger partial charge in [-0.05, 0) is 218 Å². The minimum absolute atomic E-state index is 0.438. The van der Waals surface area contributed by atoms with Gasteiger partial charge in [0, 0.05) is 65.8 Å². The first-order chi connectivity index (χ1) is 36.9. The largest absolute Gasteiger partial charge is 0.310 e. The third kappa shape index (κ3) is 7.09. The first-order valence-electron chi connectivity index (χ1n) is 28.3. The van der Waals surface area contributed by atoms with Gasteiger partial charge >= 0.3 is 0 Å². The molecular formula is C73H72N4. The second-order valence-electron chi connectivity index (χ2n) is 24.1. The highest BCUT2D eigenvalue weighted by atomic mass is 15.2. The van der Waals surface area contributed by atoms with Gasteiger partial charge in [-0.3, -0.25) is 0 Å². The van der Waals surface area contributed by atoms with Crippen molar-refractivity contribution >= 4 is 110 Å². The van der Waals surface area contributed by atoms with E-state index < -0.39 is 0 Å². The minimum Gasteiger partial charge on any atom is -0.310 e. The molecule has 0 aliphatic rings. The number of para-hydroxylation sites is 2. The van der Waals surface area contributed by atoms with Crippen LogP contribution in [0.4, 0.5) is 34.1 Å². The van der Waals surface area contributed by atoms with Crippen molar-refractivity contribution in [3.8, 4) is 0 Å². The number of fused-ring (bicyclic) bond motifs is 12. The third-order valence-corrected chi connectivity index (χ3v) is 17.6. The number of aryl methyl sites for hydroxylation is 7. The Labute approximate surface area is 454 Å². The van der Waals surface area contributed by atoms with Gasteiger partial charge < -0.3 is 18.6 Å². The van der Waals surface area contributed by atoms with E-state index in [1.54, 1.807) is 0 Å². The molecule has 0 spiro atoms. The Bertz CT molecular complexity index is 4420. The van der Waals surface area contributed by atoms with Crippen LogP contribution in [0.15, 0.2) is 140 Å². The molecule has 9 aromatic carbocycles. The maximum Gasteiger partial charge on any atom is 0.0641 e. The molecule has 4 nitrogen and oxygen atoms in total. The summed E-state index contributed by atoms with van der Waals surface area (Å²) in [6, 6.07) is 54.6. The molecule has 0 bridgehead atoms. The van der Waals surface area contributed by atoms with E-state index in [0.717, 1.165) is 0 Å². The zero-order chi connectivity index (χ0) is 53.8. The van der Waals surface area contributed by atoms with E-state index in [1.807, 2.05) is 0 Å². The molecule has 0 N–H and O–H groups in total. The van der Waals surface area contributed by atoms with Gasteiger partial charge in [0.1, 0.15) is 0 Å². The number of aromatic nitrogens is 2. The molecule has 0 radical (unpaired) electrons. The molecule has 0 saturated carbocycles. The summed E-state index contributed by atoms with van der Waals surface area (Å²) in [6.45, 7) is 34.6. The second kappa shape index (κ2) is 17.6. The molecule has 13 rings (SSSR count). The maximum atomic E-state index is 2.59. The predicted molar refractivity (Wildman–Crippen MR) is 335 cm³/mol. The molecule has 0 saturated heterocycles. The Morgan fingerprint density at radius 1 is 0.299 bits per heavy atom. The van der Waals surface area contributed by atoms with Gasteiger partial charge in [-0.1, -0.05) is 110 Å². The van der Waals surface area contributed by atoms with Gasteiger partial charge in [-0.25, -0.2) is 0 Å². The summed E-state index contributed by atoms with van der Waals surface area (Å²) in [6.07, 6.45) is 0. The summed E-state index contributed by atoms with van der Waals surface area (Å²) in [4.78, 5) is 5.11. The monoisotopic (exact) mass is 1000 g/mol. The van der Waals surface area contributed by atoms with E-state index in [9.17, 15) is 0 Å². The summed E-state index contributed by atoms with van der Waals surface area (Å²) < 4.78 is 5.17. The van der Waals surface area contributed by atoms with Gasteiger partial charge in [0.2, 0.25) is 0 Å². The molecule has 0 aliphatic heterocycles. The van der Waals surface area contributed by atoms with E-state index in [0.29, 0.717) is 23.7 Å². The third-order valence-electron chi connectivity index (χ3n) is 17.6. The van der Waals surface area contributed by atoms with Crippen LogP contribution in [-0.2, 0) is 0 Å². The number of anilines is 6. The second-order valence-corrected chi connectivity index (χ2v) is 24.1. The highest BCUT2D eigenvalue weighted by molar-refractivity contribution is 6.32. The van der Waals surface area contributed by atoms with Crippen molar-refractivity contribution in [2.75, 3.05) is 9.80 Å². The average molecular weight is 1010 g/mol. The highest BCUT2D eigenvalue weighted by Crippen LogP contribution is 2.52. The minimum atomic E-state index is 0.438. The van der Waals surface area contributed by atoms with Gasteiger partial charge in [0.15, 0.2) is 0 Å². The van der Waals surface area contributed by atoms with Crippen LogP contribution in [-0.4, -0.2) is 8.80 Å². The fraction of sp³-hybridized carbons (Fsp3) is 0.260. The number of hydrogen-bond donors (Lipinski definition) is 0. The van der Waals surface area contributed by atoms with Gasteiger partial charge in [0.05, 0.1) is 44.5 Å². The van der Waals surface area contributed by atoms with Gasteiger partial charge in [-0.15, -0.1) is 0 Å². The van der Waals surface area contributed by atoms with Crippen LogP contribution in [0.2, 0.25) is 0 Å². The lowest BCUT2D eigenvalue weighted by atomic mass is 9.91. The SMILES string of the molecule is Cc1cc(N(c2cc(C)c(C(C)C)c(C)c2)c2ccc3c4cc5c(cc4n4c6ccccc6c2c34)c2ccc(N(c3cc(C)c(C(C)C)c(C)c3)c3cc(C)c(C(C)C)c(C)c3)c3c4ccccc4n5c23)ccc1C(C)C. The Hall–Kier alpha value is -7.82. The zero-order valence-electron chi connectivity index (χ0n) is 47.9. The van der Waals surface area contributed by atoms with Crippen molar-refractivity contribution in [3.63, 3.8) is 0 Å². The number of benzene rings is 9. The lowest BCUT2D eigenvalue weighted by Crippen LogP contribution is -2.13. The van der Waals surface area contributed by atoms with E-state index in [4.69, 9.17) is 0 Å². The molecule has 0 unspecified atom stereocenters. The van der Waals surface area contributed by atoms with Crippen molar-refractivity contribution in [3.05, 3.63) is 201 Å². The zero-order valence-corrected chi connectivity index (χ0v) is 47.9. The van der Waals surface area contributed by atoms with Crippen LogP contribution < -0.4 is 9.80 Å². The van der Waals surface area contributed by atoms with E-state index in [1.165, 1.54) is 172 Å². The predicted octanol–water partition coefficient (Wildman–Crippen LogP) is 21.6. The standard InChI is InChI=1S/C73H72N4/c1-39(2)54-25-24-50(30-43(54)9)74(51-31-44(10)67(40(3)4)45(11)32-51)63-28-26-55-59-37-66-60(38-65(59)76-61-22-18-16-20-57(61)70(63)72(55)76)56-27-29-64(71-58-21-17-19-23-62(58)77(66)73(56)71)75(52-33-46(12)68(41(5)6)47(13)34-52)53-35-48(14)69(42(7)8)49(15)36-53/h16-42H,1-15H3. The molecule has 77 heavy (non-hydrogen) atoms. The molecule has 13 aromatic rings. The Morgan fingerprint density at radius 2 is 0.649 bits per heavy atom. The quantitative estimate of drug-likeness (QED) is 0.136. The van der Waals surface area contributed by atoms with E-state index in [-0.39, 0.29) is 0 Å². The Morgan fingerprint density at radius 3 is 1.00 bits per heavy atom. The lowest BCUT2D eigenvalue weighted by Gasteiger charge is -2.30. The van der Waals surface area contributed by atoms with Crippen LogP contribution in [0.1, 0.15) is 140 Å².